The number of ether oxygens (including phenoxy) is 1. The summed E-state index contributed by atoms with van der Waals surface area (Å²) in [6, 6.07) is 16.2. The van der Waals surface area contributed by atoms with Crippen LogP contribution in [0.3, 0.4) is 0 Å². The number of carbonyl (C=O) groups excluding carboxylic acids is 2. The SMILES string of the molecule is CC(C)(C)N(CC(=O)O)C(=O)Cn1cc(NC(=O)OCC2c3ccccc3-c3ccccc32)cn1. The molecule has 2 aromatic carbocycles. The van der Waals surface area contributed by atoms with E-state index >= 15 is 0 Å². The van der Waals surface area contributed by atoms with E-state index < -0.39 is 30.1 Å². The second-order valence-electron chi connectivity index (χ2n) is 9.42. The summed E-state index contributed by atoms with van der Waals surface area (Å²) in [7, 11) is 0. The van der Waals surface area contributed by atoms with Crippen LogP contribution in [0.1, 0.15) is 37.8 Å². The third-order valence-corrected chi connectivity index (χ3v) is 5.92. The molecular formula is C26H28N4O5. The van der Waals surface area contributed by atoms with E-state index in [-0.39, 0.29) is 19.1 Å². The monoisotopic (exact) mass is 476 g/mol. The quantitative estimate of drug-likeness (QED) is 0.534. The zero-order valence-corrected chi connectivity index (χ0v) is 19.9. The van der Waals surface area contributed by atoms with Gasteiger partial charge in [0.05, 0.1) is 11.9 Å². The number of hydrogen-bond acceptors (Lipinski definition) is 5. The standard InChI is InChI=1S/C26H28N4O5/c1-26(2,3)30(15-24(32)33)23(31)14-29-13-17(12-27-29)28-25(34)35-16-22-20-10-6-4-8-18(20)19-9-5-7-11-21(19)22/h4-13,22H,14-16H2,1-3H3,(H,28,34)(H,32,33). The van der Waals surface area contributed by atoms with Gasteiger partial charge in [-0.05, 0) is 43.0 Å². The van der Waals surface area contributed by atoms with Crippen molar-refractivity contribution in [1.29, 1.82) is 0 Å². The molecule has 3 aromatic rings. The Kier molecular flexibility index (Phi) is 6.59. The van der Waals surface area contributed by atoms with E-state index in [0.29, 0.717) is 5.69 Å². The minimum Gasteiger partial charge on any atom is -0.480 e. The van der Waals surface area contributed by atoms with Crippen molar-refractivity contribution in [2.45, 2.75) is 38.8 Å². The molecule has 9 nitrogen and oxygen atoms in total. The number of anilines is 1. The van der Waals surface area contributed by atoms with Gasteiger partial charge in [-0.25, -0.2) is 4.79 Å². The fourth-order valence-corrected chi connectivity index (χ4v) is 4.33. The first-order chi connectivity index (χ1) is 16.6. The number of hydrogen-bond donors (Lipinski definition) is 2. The zero-order chi connectivity index (χ0) is 25.2. The highest BCUT2D eigenvalue weighted by molar-refractivity contribution is 5.85. The first-order valence-corrected chi connectivity index (χ1v) is 11.3. The molecule has 4 rings (SSSR count). The molecule has 0 atom stereocenters. The summed E-state index contributed by atoms with van der Waals surface area (Å²) in [5, 5.41) is 15.9. The number of amides is 2. The second kappa shape index (κ2) is 9.61. The van der Waals surface area contributed by atoms with Crippen LogP contribution in [0.5, 0.6) is 0 Å². The molecule has 0 aliphatic heterocycles. The van der Waals surface area contributed by atoms with Crippen LogP contribution in [0.25, 0.3) is 11.1 Å². The first-order valence-electron chi connectivity index (χ1n) is 11.3. The van der Waals surface area contributed by atoms with Gasteiger partial charge in [-0.15, -0.1) is 0 Å². The maximum absolute atomic E-state index is 12.7. The fraction of sp³-hybridized carbons (Fsp3) is 0.308. The van der Waals surface area contributed by atoms with Crippen molar-refractivity contribution in [2.75, 3.05) is 18.5 Å². The number of nitrogens with zero attached hydrogens (tertiary/aromatic N) is 3. The van der Waals surface area contributed by atoms with Gasteiger partial charge in [0.15, 0.2) is 0 Å². The van der Waals surface area contributed by atoms with Crippen molar-refractivity contribution in [3.8, 4) is 11.1 Å². The summed E-state index contributed by atoms with van der Waals surface area (Å²) in [6.07, 6.45) is 2.29. The maximum atomic E-state index is 12.7. The van der Waals surface area contributed by atoms with Gasteiger partial charge in [0.2, 0.25) is 5.91 Å². The normalized spacial score (nSPS) is 12.5. The smallest absolute Gasteiger partial charge is 0.411 e. The second-order valence-corrected chi connectivity index (χ2v) is 9.42. The number of rotatable bonds is 7. The molecule has 1 heterocycles. The molecule has 1 aliphatic carbocycles. The largest absolute Gasteiger partial charge is 0.480 e. The fourth-order valence-electron chi connectivity index (χ4n) is 4.33. The molecule has 0 saturated heterocycles. The average molecular weight is 477 g/mol. The number of fused-ring (bicyclic) bond motifs is 3. The molecule has 0 unspecified atom stereocenters. The van der Waals surface area contributed by atoms with Crippen molar-refractivity contribution >= 4 is 23.7 Å². The Labute approximate surface area is 203 Å². The van der Waals surface area contributed by atoms with Crippen LogP contribution in [-0.2, 0) is 20.9 Å². The summed E-state index contributed by atoms with van der Waals surface area (Å²) < 4.78 is 6.88. The van der Waals surface area contributed by atoms with E-state index in [1.807, 2.05) is 36.4 Å². The van der Waals surface area contributed by atoms with Crippen molar-refractivity contribution in [3.05, 3.63) is 72.1 Å². The summed E-state index contributed by atoms with van der Waals surface area (Å²) in [4.78, 5) is 37.6. The molecular weight excluding hydrogens is 448 g/mol. The molecule has 9 heteroatoms. The topological polar surface area (TPSA) is 114 Å². The van der Waals surface area contributed by atoms with Gasteiger partial charge in [-0.2, -0.15) is 5.10 Å². The lowest BCUT2D eigenvalue weighted by Gasteiger charge is -2.34. The third-order valence-electron chi connectivity index (χ3n) is 5.92. The molecule has 2 N–H and O–H groups in total. The van der Waals surface area contributed by atoms with E-state index in [9.17, 15) is 14.4 Å². The molecule has 1 aliphatic rings. The number of carboxylic acid groups (broad SMARTS) is 1. The summed E-state index contributed by atoms with van der Waals surface area (Å²) in [5.41, 5.74) is 4.25. The van der Waals surface area contributed by atoms with Gasteiger partial charge < -0.3 is 14.7 Å². The number of carboxylic acids is 1. The van der Waals surface area contributed by atoms with Crippen LogP contribution in [0.4, 0.5) is 10.5 Å². The summed E-state index contributed by atoms with van der Waals surface area (Å²) >= 11 is 0. The van der Waals surface area contributed by atoms with Crippen molar-refractivity contribution in [1.82, 2.24) is 14.7 Å². The van der Waals surface area contributed by atoms with Crippen LogP contribution in [0.2, 0.25) is 0 Å². The number of aliphatic carboxylic acids is 1. The zero-order valence-electron chi connectivity index (χ0n) is 19.9. The Morgan fingerprint density at radius 3 is 2.23 bits per heavy atom. The molecule has 0 radical (unpaired) electrons. The van der Waals surface area contributed by atoms with Crippen LogP contribution in [0.15, 0.2) is 60.9 Å². The molecule has 0 saturated carbocycles. The van der Waals surface area contributed by atoms with Gasteiger partial charge in [0.25, 0.3) is 0 Å². The molecule has 1 aromatic heterocycles. The molecule has 182 valence electrons. The number of carbonyl (C=O) groups is 3. The lowest BCUT2D eigenvalue weighted by Crippen LogP contribution is -2.49. The van der Waals surface area contributed by atoms with E-state index in [4.69, 9.17) is 9.84 Å². The Bertz CT molecular complexity index is 1210. The molecule has 2 amide bonds. The first kappa shape index (κ1) is 24.0. The van der Waals surface area contributed by atoms with E-state index in [2.05, 4.69) is 22.5 Å². The minimum atomic E-state index is -1.09. The number of aromatic nitrogens is 2. The molecule has 0 bridgehead atoms. The highest BCUT2D eigenvalue weighted by atomic mass is 16.5. The van der Waals surface area contributed by atoms with Crippen molar-refractivity contribution in [3.63, 3.8) is 0 Å². The number of nitrogens with one attached hydrogen (secondary N) is 1. The molecule has 35 heavy (non-hydrogen) atoms. The highest BCUT2D eigenvalue weighted by Gasteiger charge is 2.30. The maximum Gasteiger partial charge on any atom is 0.411 e. The predicted octanol–water partition coefficient (Wildman–Crippen LogP) is 3.96. The Morgan fingerprint density at radius 1 is 1.06 bits per heavy atom. The lowest BCUT2D eigenvalue weighted by molar-refractivity contribution is -0.148. The Morgan fingerprint density at radius 2 is 1.66 bits per heavy atom. The van der Waals surface area contributed by atoms with Gasteiger partial charge in [0, 0.05) is 17.7 Å². The van der Waals surface area contributed by atoms with Crippen LogP contribution in [0, 0.1) is 0 Å². The summed E-state index contributed by atoms with van der Waals surface area (Å²) in [5.74, 6) is -1.53. The third kappa shape index (κ3) is 5.34. The van der Waals surface area contributed by atoms with Crippen LogP contribution >= 0.6 is 0 Å². The van der Waals surface area contributed by atoms with Gasteiger partial charge in [-0.3, -0.25) is 19.6 Å². The van der Waals surface area contributed by atoms with Gasteiger partial charge in [0.1, 0.15) is 19.7 Å². The van der Waals surface area contributed by atoms with E-state index in [1.54, 1.807) is 20.8 Å². The lowest BCUT2D eigenvalue weighted by atomic mass is 9.98. The highest BCUT2D eigenvalue weighted by Crippen LogP contribution is 2.44. The Balaban J connectivity index is 1.36. The molecule has 0 fully saturated rings. The molecule has 0 spiro atoms. The van der Waals surface area contributed by atoms with Gasteiger partial charge >= 0.3 is 12.1 Å². The van der Waals surface area contributed by atoms with Gasteiger partial charge in [-0.1, -0.05) is 48.5 Å². The van der Waals surface area contributed by atoms with Crippen LogP contribution < -0.4 is 5.32 Å². The van der Waals surface area contributed by atoms with Crippen molar-refractivity contribution < 1.29 is 24.2 Å². The Hall–Kier alpha value is -4.14. The average Bonchev–Trinajstić information content (AvgIpc) is 3.37. The predicted molar refractivity (Wildman–Crippen MR) is 130 cm³/mol. The number of benzene rings is 2. The summed E-state index contributed by atoms with van der Waals surface area (Å²) in [6.45, 7) is 4.91. The van der Waals surface area contributed by atoms with Crippen molar-refractivity contribution in [2.24, 2.45) is 0 Å². The van der Waals surface area contributed by atoms with E-state index in [1.165, 1.54) is 22.0 Å². The van der Waals surface area contributed by atoms with E-state index in [0.717, 1.165) is 22.3 Å². The minimum absolute atomic E-state index is 0.0499. The van der Waals surface area contributed by atoms with Crippen LogP contribution in [-0.4, -0.2) is 56.4 Å².